The van der Waals surface area contributed by atoms with E-state index in [2.05, 4.69) is 14.8 Å². The van der Waals surface area contributed by atoms with Crippen LogP contribution in [0.2, 0.25) is 0 Å². The molecule has 1 amide bonds. The van der Waals surface area contributed by atoms with E-state index in [1.165, 1.54) is 19.4 Å². The molecule has 1 aromatic rings. The van der Waals surface area contributed by atoms with Crippen LogP contribution in [0.1, 0.15) is 35.4 Å². The lowest BCUT2D eigenvalue weighted by molar-refractivity contribution is -0.193. The number of piperidine rings is 1. The third-order valence-electron chi connectivity index (χ3n) is 6.31. The highest BCUT2D eigenvalue weighted by atomic mass is 19.4. The predicted octanol–water partition coefficient (Wildman–Crippen LogP) is 3.23. The van der Waals surface area contributed by atoms with Crippen LogP contribution >= 0.6 is 0 Å². The molecular formula is C23H29F6N3O6. The van der Waals surface area contributed by atoms with Crippen LogP contribution in [0.25, 0.3) is 0 Å². The molecule has 2 saturated heterocycles. The summed E-state index contributed by atoms with van der Waals surface area (Å²) >= 11 is 0. The average Bonchev–Trinajstić information content (AvgIpc) is 3.53. The number of methoxy groups -OCH3 is 1. The third kappa shape index (κ3) is 9.11. The molecule has 15 heteroatoms. The van der Waals surface area contributed by atoms with Crippen molar-refractivity contribution < 1.29 is 55.7 Å². The number of alkyl halides is 6. The number of carboxylic acids is 2. The van der Waals surface area contributed by atoms with E-state index >= 15 is 0 Å². The molecule has 2 N–H and O–H groups in total. The Labute approximate surface area is 214 Å². The van der Waals surface area contributed by atoms with Gasteiger partial charge in [0.1, 0.15) is 5.69 Å². The molecule has 1 aliphatic carbocycles. The fourth-order valence-corrected chi connectivity index (χ4v) is 4.40. The Bertz CT molecular complexity index is 961. The number of carbonyl (C=O) groups excluding carboxylic acids is 1. The van der Waals surface area contributed by atoms with E-state index in [0.29, 0.717) is 11.6 Å². The quantitative estimate of drug-likeness (QED) is 0.542. The van der Waals surface area contributed by atoms with Crippen LogP contribution in [0.4, 0.5) is 26.3 Å². The lowest BCUT2D eigenvalue weighted by Crippen LogP contribution is -2.53. The molecule has 0 bridgehead atoms. The Morgan fingerprint density at radius 1 is 1.00 bits per heavy atom. The molecule has 0 aromatic carbocycles. The summed E-state index contributed by atoms with van der Waals surface area (Å²) < 4.78 is 69.2. The van der Waals surface area contributed by atoms with Gasteiger partial charge in [0, 0.05) is 44.9 Å². The van der Waals surface area contributed by atoms with Crippen molar-refractivity contribution in [2.45, 2.75) is 50.7 Å². The Kier molecular flexibility index (Phi) is 10.5. The van der Waals surface area contributed by atoms with Gasteiger partial charge < -0.3 is 24.7 Å². The van der Waals surface area contributed by atoms with Gasteiger partial charge in [0.25, 0.3) is 5.91 Å². The number of fused-ring (bicyclic) bond motifs is 1. The first-order valence-electron chi connectivity index (χ1n) is 11.6. The molecule has 3 heterocycles. The van der Waals surface area contributed by atoms with Crippen molar-refractivity contribution in [2.75, 3.05) is 33.3 Å². The van der Waals surface area contributed by atoms with Crippen molar-refractivity contribution in [3.63, 3.8) is 0 Å². The fraction of sp³-hybridized carbons (Fsp3) is 0.652. The summed E-state index contributed by atoms with van der Waals surface area (Å²) in [6.45, 7) is 5.94. The minimum Gasteiger partial charge on any atom is -0.475 e. The maximum absolute atomic E-state index is 13.0. The first-order valence-corrected chi connectivity index (χ1v) is 11.6. The molecule has 3 fully saturated rings. The van der Waals surface area contributed by atoms with Crippen molar-refractivity contribution in [1.82, 2.24) is 14.8 Å². The number of pyridine rings is 1. The maximum Gasteiger partial charge on any atom is 0.490 e. The highest BCUT2D eigenvalue weighted by Crippen LogP contribution is 2.36. The van der Waals surface area contributed by atoms with E-state index in [4.69, 9.17) is 24.5 Å². The number of aromatic nitrogens is 1. The van der Waals surface area contributed by atoms with Crippen LogP contribution in [0.5, 0.6) is 0 Å². The minimum absolute atomic E-state index is 0.0801. The number of hydrogen-bond donors (Lipinski definition) is 2. The van der Waals surface area contributed by atoms with Crippen molar-refractivity contribution in [3.05, 3.63) is 29.6 Å². The molecule has 9 nitrogen and oxygen atoms in total. The second-order valence-corrected chi connectivity index (χ2v) is 9.22. The summed E-state index contributed by atoms with van der Waals surface area (Å²) in [6.07, 6.45) is -6.23. The number of nitrogens with zero attached hydrogens (tertiary/aromatic N) is 3. The molecule has 214 valence electrons. The van der Waals surface area contributed by atoms with Crippen molar-refractivity contribution in [1.29, 1.82) is 0 Å². The summed E-state index contributed by atoms with van der Waals surface area (Å²) in [7, 11) is 1.81. The Hall–Kier alpha value is -2.94. The number of amides is 1. The second-order valence-electron chi connectivity index (χ2n) is 9.22. The van der Waals surface area contributed by atoms with Crippen LogP contribution in [-0.4, -0.2) is 101 Å². The lowest BCUT2D eigenvalue weighted by Gasteiger charge is -2.41. The molecule has 0 spiro atoms. The average molecular weight is 557 g/mol. The summed E-state index contributed by atoms with van der Waals surface area (Å²) in [5.74, 6) is -4.12. The monoisotopic (exact) mass is 557 g/mol. The Morgan fingerprint density at radius 3 is 2.00 bits per heavy atom. The van der Waals surface area contributed by atoms with Crippen LogP contribution in [0.3, 0.4) is 0 Å². The van der Waals surface area contributed by atoms with E-state index in [1.807, 2.05) is 32.2 Å². The molecule has 3 atom stereocenters. The van der Waals surface area contributed by atoms with Gasteiger partial charge in [0.2, 0.25) is 0 Å². The predicted molar refractivity (Wildman–Crippen MR) is 119 cm³/mol. The zero-order valence-corrected chi connectivity index (χ0v) is 20.6. The number of aryl methyl sites for hydroxylation is 1. The minimum atomic E-state index is -5.08. The van der Waals surface area contributed by atoms with Crippen molar-refractivity contribution >= 4 is 17.8 Å². The normalized spacial score (nSPS) is 23.4. The summed E-state index contributed by atoms with van der Waals surface area (Å²) in [4.78, 5) is 39.9. The number of likely N-dealkylation sites (tertiary alicyclic amines) is 2. The number of rotatable bonds is 4. The van der Waals surface area contributed by atoms with E-state index in [9.17, 15) is 31.1 Å². The van der Waals surface area contributed by atoms with Gasteiger partial charge >= 0.3 is 24.3 Å². The van der Waals surface area contributed by atoms with Crippen molar-refractivity contribution in [3.8, 4) is 0 Å². The Morgan fingerprint density at radius 2 is 1.55 bits per heavy atom. The van der Waals surface area contributed by atoms with Gasteiger partial charge in [0.05, 0.1) is 12.1 Å². The maximum atomic E-state index is 13.0. The van der Waals surface area contributed by atoms with E-state index in [0.717, 1.165) is 37.7 Å². The summed E-state index contributed by atoms with van der Waals surface area (Å²) in [5.41, 5.74) is 1.47. The smallest absolute Gasteiger partial charge is 0.475 e. The van der Waals surface area contributed by atoms with Crippen LogP contribution in [0.15, 0.2) is 18.2 Å². The Balaban J connectivity index is 0.000000301. The SMILES string of the molecule is CO[C@@H]1CCN(C(=O)c2cccc(C)n2)[C@@H]2CN(CC3CC3)C[C@@H]21.O=C(O)C(F)(F)F.O=C(O)C(F)(F)F. The lowest BCUT2D eigenvalue weighted by atomic mass is 9.88. The van der Waals surface area contributed by atoms with E-state index in [-0.39, 0.29) is 18.1 Å². The third-order valence-corrected chi connectivity index (χ3v) is 6.31. The summed E-state index contributed by atoms with van der Waals surface area (Å²) in [5, 5.41) is 14.2. The molecule has 0 radical (unpaired) electrons. The number of halogens is 6. The van der Waals surface area contributed by atoms with Crippen LogP contribution < -0.4 is 0 Å². The van der Waals surface area contributed by atoms with Gasteiger partial charge in [-0.25, -0.2) is 14.6 Å². The highest BCUT2D eigenvalue weighted by Gasteiger charge is 2.47. The number of carbonyl (C=O) groups is 3. The molecule has 2 aliphatic heterocycles. The van der Waals surface area contributed by atoms with Gasteiger partial charge in [-0.3, -0.25) is 4.79 Å². The fourth-order valence-electron chi connectivity index (χ4n) is 4.40. The van der Waals surface area contributed by atoms with Crippen LogP contribution in [0, 0.1) is 18.8 Å². The highest BCUT2D eigenvalue weighted by molar-refractivity contribution is 5.92. The van der Waals surface area contributed by atoms with Gasteiger partial charge in [0.15, 0.2) is 0 Å². The first kappa shape index (κ1) is 31.3. The molecule has 38 heavy (non-hydrogen) atoms. The molecule has 1 aromatic heterocycles. The topological polar surface area (TPSA) is 120 Å². The molecule has 4 rings (SSSR count). The van der Waals surface area contributed by atoms with Crippen LogP contribution in [-0.2, 0) is 14.3 Å². The molecule has 1 saturated carbocycles. The van der Waals surface area contributed by atoms with Gasteiger partial charge in [-0.2, -0.15) is 26.3 Å². The number of carboxylic acid groups (broad SMARTS) is 2. The summed E-state index contributed by atoms with van der Waals surface area (Å²) in [6, 6.07) is 5.95. The molecule has 0 unspecified atom stereocenters. The molecule has 3 aliphatic rings. The van der Waals surface area contributed by atoms with Crippen molar-refractivity contribution in [2.24, 2.45) is 11.8 Å². The first-order chi connectivity index (χ1) is 17.5. The number of hydrogen-bond acceptors (Lipinski definition) is 6. The zero-order chi connectivity index (χ0) is 28.8. The van der Waals surface area contributed by atoms with Gasteiger partial charge in [-0.1, -0.05) is 6.07 Å². The second kappa shape index (κ2) is 12.7. The van der Waals surface area contributed by atoms with E-state index < -0.39 is 24.3 Å². The van der Waals surface area contributed by atoms with Gasteiger partial charge in [-0.05, 0) is 44.2 Å². The zero-order valence-electron chi connectivity index (χ0n) is 20.6. The molecular weight excluding hydrogens is 528 g/mol. The number of aliphatic carboxylic acids is 2. The van der Waals surface area contributed by atoms with E-state index in [1.54, 1.807) is 0 Å². The largest absolute Gasteiger partial charge is 0.490 e. The standard InChI is InChI=1S/C19H27N3O2.2C2HF3O2/c1-13-4-3-5-16(20-13)19(23)22-9-8-18(24-2)15-11-21(12-17(15)22)10-14-6-7-14;2*3-2(4,5)1(6)7/h3-5,14-15,17-18H,6-12H2,1-2H3;2*(H,6,7)/t15-,17+,18+;;/m0../s1. The number of ether oxygens (including phenoxy) is 1. The van der Waals surface area contributed by atoms with Gasteiger partial charge in [-0.15, -0.1) is 0 Å².